The number of aryl methyl sites for hydroxylation is 1. The Morgan fingerprint density at radius 1 is 1.41 bits per heavy atom. The highest BCUT2D eigenvalue weighted by atomic mass is 35.5. The van der Waals surface area contributed by atoms with E-state index in [9.17, 15) is 4.79 Å². The van der Waals surface area contributed by atoms with Gasteiger partial charge in [-0.25, -0.2) is 0 Å². The standard InChI is InChI=1S/C13H13ClN2O/c1-9-4-3-5-11(6-9)13(17)8-16-10(2)12(14)7-15-16/h3-7H,8H2,1-2H3. The highest BCUT2D eigenvalue weighted by Crippen LogP contribution is 2.14. The fourth-order valence-electron chi connectivity index (χ4n) is 1.63. The van der Waals surface area contributed by atoms with E-state index in [1.54, 1.807) is 10.9 Å². The van der Waals surface area contributed by atoms with Crippen LogP contribution in [0, 0.1) is 13.8 Å². The van der Waals surface area contributed by atoms with Crippen LogP contribution in [-0.2, 0) is 6.54 Å². The van der Waals surface area contributed by atoms with Crippen molar-refractivity contribution in [1.29, 1.82) is 0 Å². The van der Waals surface area contributed by atoms with Crippen molar-refractivity contribution in [2.75, 3.05) is 0 Å². The third kappa shape index (κ3) is 2.56. The fraction of sp³-hybridized carbons (Fsp3) is 0.231. The molecule has 0 radical (unpaired) electrons. The molecule has 0 N–H and O–H groups in total. The van der Waals surface area contributed by atoms with Gasteiger partial charge in [0.2, 0.25) is 0 Å². The molecule has 0 atom stereocenters. The Bertz CT molecular complexity index is 560. The molecule has 3 nitrogen and oxygen atoms in total. The maximum absolute atomic E-state index is 12.0. The van der Waals surface area contributed by atoms with Crippen LogP contribution < -0.4 is 0 Å². The Morgan fingerprint density at radius 3 is 2.76 bits per heavy atom. The molecule has 0 aliphatic rings. The molecule has 4 heteroatoms. The van der Waals surface area contributed by atoms with E-state index in [4.69, 9.17) is 11.6 Å². The summed E-state index contributed by atoms with van der Waals surface area (Å²) in [5.74, 6) is 0.0385. The van der Waals surface area contributed by atoms with Gasteiger partial charge in [-0.15, -0.1) is 0 Å². The van der Waals surface area contributed by atoms with Crippen LogP contribution in [0.15, 0.2) is 30.5 Å². The molecule has 2 rings (SSSR count). The van der Waals surface area contributed by atoms with Gasteiger partial charge in [0.25, 0.3) is 0 Å². The van der Waals surface area contributed by atoms with E-state index in [0.717, 1.165) is 11.3 Å². The summed E-state index contributed by atoms with van der Waals surface area (Å²) >= 11 is 5.89. The molecule has 88 valence electrons. The van der Waals surface area contributed by atoms with Gasteiger partial charge in [0.15, 0.2) is 5.78 Å². The lowest BCUT2D eigenvalue weighted by Crippen LogP contribution is -2.12. The summed E-state index contributed by atoms with van der Waals surface area (Å²) in [6.07, 6.45) is 1.56. The van der Waals surface area contributed by atoms with Crippen molar-refractivity contribution in [1.82, 2.24) is 9.78 Å². The highest BCUT2D eigenvalue weighted by Gasteiger charge is 2.10. The molecule has 1 heterocycles. The maximum Gasteiger partial charge on any atom is 0.184 e. The quantitative estimate of drug-likeness (QED) is 0.783. The Morgan fingerprint density at radius 2 is 2.18 bits per heavy atom. The van der Waals surface area contributed by atoms with Crippen molar-refractivity contribution in [3.05, 3.63) is 52.3 Å². The van der Waals surface area contributed by atoms with Crippen LogP contribution in [0.25, 0.3) is 0 Å². The molecule has 0 aliphatic heterocycles. The minimum Gasteiger partial charge on any atom is -0.292 e. The molecule has 0 bridgehead atoms. The summed E-state index contributed by atoms with van der Waals surface area (Å²) in [6.45, 7) is 4.04. The van der Waals surface area contributed by atoms with E-state index >= 15 is 0 Å². The third-order valence-electron chi connectivity index (χ3n) is 2.68. The Hall–Kier alpha value is -1.61. The van der Waals surface area contributed by atoms with E-state index in [2.05, 4.69) is 5.10 Å². The summed E-state index contributed by atoms with van der Waals surface area (Å²) < 4.78 is 1.62. The number of aromatic nitrogens is 2. The van der Waals surface area contributed by atoms with Gasteiger partial charge >= 0.3 is 0 Å². The zero-order valence-corrected chi connectivity index (χ0v) is 10.5. The largest absolute Gasteiger partial charge is 0.292 e. The van der Waals surface area contributed by atoms with Crippen LogP contribution in [0.3, 0.4) is 0 Å². The van der Waals surface area contributed by atoms with Crippen molar-refractivity contribution < 1.29 is 4.79 Å². The van der Waals surface area contributed by atoms with Crippen molar-refractivity contribution in [3.63, 3.8) is 0 Å². The molecule has 0 saturated heterocycles. The predicted molar refractivity (Wildman–Crippen MR) is 67.5 cm³/mol. The normalized spacial score (nSPS) is 10.5. The van der Waals surface area contributed by atoms with Gasteiger partial charge in [0.05, 0.1) is 16.9 Å². The van der Waals surface area contributed by atoms with Gasteiger partial charge < -0.3 is 0 Å². The van der Waals surface area contributed by atoms with E-state index in [1.165, 1.54) is 0 Å². The van der Waals surface area contributed by atoms with E-state index in [-0.39, 0.29) is 12.3 Å². The molecule has 0 spiro atoms. The van der Waals surface area contributed by atoms with Gasteiger partial charge in [0, 0.05) is 5.56 Å². The van der Waals surface area contributed by atoms with E-state index in [0.29, 0.717) is 10.6 Å². The van der Waals surface area contributed by atoms with Crippen LogP contribution in [0.4, 0.5) is 0 Å². The SMILES string of the molecule is Cc1cccc(C(=O)Cn2ncc(Cl)c2C)c1. The zero-order chi connectivity index (χ0) is 12.4. The Balaban J connectivity index is 2.20. The second kappa shape index (κ2) is 4.72. The first-order valence-corrected chi connectivity index (χ1v) is 5.73. The topological polar surface area (TPSA) is 34.9 Å². The molecule has 1 aromatic carbocycles. The fourth-order valence-corrected chi connectivity index (χ4v) is 1.77. The predicted octanol–water partition coefficient (Wildman–Crippen LogP) is 3.04. The number of halogens is 1. The summed E-state index contributed by atoms with van der Waals surface area (Å²) in [5, 5.41) is 4.65. The number of carbonyl (C=O) groups excluding carboxylic acids is 1. The summed E-state index contributed by atoms with van der Waals surface area (Å²) in [6, 6.07) is 7.54. The number of hydrogen-bond donors (Lipinski definition) is 0. The molecular weight excluding hydrogens is 236 g/mol. The number of hydrogen-bond acceptors (Lipinski definition) is 2. The number of benzene rings is 1. The number of carbonyl (C=O) groups is 1. The monoisotopic (exact) mass is 248 g/mol. The van der Waals surface area contributed by atoms with Gasteiger partial charge in [-0.05, 0) is 19.9 Å². The van der Waals surface area contributed by atoms with Gasteiger partial charge in [-0.2, -0.15) is 5.10 Å². The second-order valence-corrected chi connectivity index (χ2v) is 4.44. The van der Waals surface area contributed by atoms with Gasteiger partial charge in [-0.3, -0.25) is 9.48 Å². The second-order valence-electron chi connectivity index (χ2n) is 4.03. The van der Waals surface area contributed by atoms with E-state index < -0.39 is 0 Å². The smallest absolute Gasteiger partial charge is 0.184 e. The molecule has 1 aromatic heterocycles. The Kier molecular flexibility index (Phi) is 3.29. The van der Waals surface area contributed by atoms with Crippen molar-refractivity contribution in [3.8, 4) is 0 Å². The third-order valence-corrected chi connectivity index (χ3v) is 3.05. The molecule has 0 unspecified atom stereocenters. The number of Topliss-reactive ketones (excluding diaryl/α,β-unsaturated/α-hetero) is 1. The van der Waals surface area contributed by atoms with E-state index in [1.807, 2.05) is 38.1 Å². The molecule has 17 heavy (non-hydrogen) atoms. The van der Waals surface area contributed by atoms with Gasteiger partial charge in [0.1, 0.15) is 6.54 Å². The van der Waals surface area contributed by atoms with Gasteiger partial charge in [-0.1, -0.05) is 35.4 Å². The highest BCUT2D eigenvalue weighted by molar-refractivity contribution is 6.31. The van der Waals surface area contributed by atoms with Crippen LogP contribution in [-0.4, -0.2) is 15.6 Å². The summed E-state index contributed by atoms with van der Waals surface area (Å²) in [5.41, 5.74) is 2.59. The van der Waals surface area contributed by atoms with Crippen LogP contribution >= 0.6 is 11.6 Å². The number of rotatable bonds is 3. The van der Waals surface area contributed by atoms with Crippen molar-refractivity contribution in [2.45, 2.75) is 20.4 Å². The average Bonchev–Trinajstić information content (AvgIpc) is 2.61. The summed E-state index contributed by atoms with van der Waals surface area (Å²) in [7, 11) is 0. The minimum atomic E-state index is 0.0385. The maximum atomic E-state index is 12.0. The van der Waals surface area contributed by atoms with Crippen molar-refractivity contribution >= 4 is 17.4 Å². The lowest BCUT2D eigenvalue weighted by molar-refractivity contribution is 0.0966. The zero-order valence-electron chi connectivity index (χ0n) is 9.77. The first-order valence-electron chi connectivity index (χ1n) is 5.35. The number of nitrogens with zero attached hydrogens (tertiary/aromatic N) is 2. The molecule has 0 fully saturated rings. The van der Waals surface area contributed by atoms with Crippen LogP contribution in [0.1, 0.15) is 21.6 Å². The average molecular weight is 249 g/mol. The van der Waals surface area contributed by atoms with Crippen LogP contribution in [0.5, 0.6) is 0 Å². The lowest BCUT2D eigenvalue weighted by Gasteiger charge is -2.04. The molecular formula is C13H13ClN2O. The Labute approximate surface area is 105 Å². The van der Waals surface area contributed by atoms with Crippen molar-refractivity contribution in [2.24, 2.45) is 0 Å². The molecule has 2 aromatic rings. The first kappa shape index (κ1) is 11.9. The number of ketones is 1. The summed E-state index contributed by atoms with van der Waals surface area (Å²) in [4.78, 5) is 12.0. The molecule has 0 saturated carbocycles. The lowest BCUT2D eigenvalue weighted by atomic mass is 10.1. The van der Waals surface area contributed by atoms with Crippen LogP contribution in [0.2, 0.25) is 5.02 Å². The first-order chi connectivity index (χ1) is 8.08. The molecule has 0 amide bonds. The minimum absolute atomic E-state index is 0.0385. The molecule has 0 aliphatic carbocycles.